The number of allylic oxidation sites excluding steroid dienone is 2. The number of hydrogen-bond donors (Lipinski definition) is 1. The third kappa shape index (κ3) is 4.28. The number of carbonyl (C=O) groups is 2. The zero-order valence-corrected chi connectivity index (χ0v) is 15.1. The lowest BCUT2D eigenvalue weighted by Gasteiger charge is -2.09. The number of rotatable bonds is 5. The van der Waals surface area contributed by atoms with Crippen LogP contribution in [0.3, 0.4) is 0 Å². The molecule has 0 spiro atoms. The van der Waals surface area contributed by atoms with Crippen LogP contribution in [-0.4, -0.2) is 37.7 Å². The van der Waals surface area contributed by atoms with E-state index in [2.05, 4.69) is 15.9 Å². The molecule has 124 valence electrons. The lowest BCUT2D eigenvalue weighted by atomic mass is 10.2. The van der Waals surface area contributed by atoms with Crippen molar-refractivity contribution in [1.82, 2.24) is 4.90 Å². The highest BCUT2D eigenvalue weighted by Crippen LogP contribution is 2.31. The molecular formula is C14H9BrN2O5S2. The van der Waals surface area contributed by atoms with Crippen LogP contribution in [-0.2, 0) is 9.59 Å². The van der Waals surface area contributed by atoms with Crippen LogP contribution in [0, 0.1) is 10.1 Å². The minimum atomic E-state index is -1.15. The number of carboxylic acid groups (broad SMARTS) is 1. The highest BCUT2D eigenvalue weighted by molar-refractivity contribution is 9.10. The first-order chi connectivity index (χ1) is 11.3. The second-order valence-electron chi connectivity index (χ2n) is 4.51. The van der Waals surface area contributed by atoms with E-state index in [0.29, 0.717) is 14.9 Å². The molecule has 1 heterocycles. The number of thioether (sulfide) groups is 1. The summed E-state index contributed by atoms with van der Waals surface area (Å²) in [6, 6.07) is 4.63. The molecule has 1 fully saturated rings. The molecule has 0 atom stereocenters. The molecule has 1 aromatic rings. The first-order valence-corrected chi connectivity index (χ1v) is 8.39. The molecule has 1 saturated heterocycles. The van der Waals surface area contributed by atoms with E-state index in [1.54, 1.807) is 24.3 Å². The van der Waals surface area contributed by atoms with Crippen LogP contribution in [0.5, 0.6) is 0 Å². The summed E-state index contributed by atoms with van der Waals surface area (Å²) in [6.07, 6.45) is 4.65. The SMILES string of the molecule is O=C(O)CN1C(=O)C(=CC=Cc2ccc(Br)c([N+](=O)[O-])c2)SC1=S. The van der Waals surface area contributed by atoms with Crippen LogP contribution < -0.4 is 0 Å². The van der Waals surface area contributed by atoms with E-state index in [1.807, 2.05) is 0 Å². The number of nitro benzene ring substituents is 1. The highest BCUT2D eigenvalue weighted by atomic mass is 79.9. The number of amides is 1. The Bertz CT molecular complexity index is 806. The first kappa shape index (κ1) is 18.3. The fourth-order valence-corrected chi connectivity index (χ4v) is 3.40. The predicted molar refractivity (Wildman–Crippen MR) is 97.5 cm³/mol. The van der Waals surface area contributed by atoms with Gasteiger partial charge in [0.2, 0.25) is 0 Å². The standard InChI is InChI=1S/C14H9BrN2O5S2/c15-9-5-4-8(6-10(9)17(21)22)2-1-3-11-13(20)16(7-12(18)19)14(23)24-11/h1-6H,7H2,(H,18,19). The van der Waals surface area contributed by atoms with Crippen LogP contribution >= 0.6 is 39.9 Å². The molecule has 10 heteroatoms. The van der Waals surface area contributed by atoms with Gasteiger partial charge < -0.3 is 5.11 Å². The van der Waals surface area contributed by atoms with Gasteiger partial charge in [-0.25, -0.2) is 0 Å². The number of nitrogens with zero attached hydrogens (tertiary/aromatic N) is 2. The number of benzene rings is 1. The summed E-state index contributed by atoms with van der Waals surface area (Å²) >= 11 is 9.08. The summed E-state index contributed by atoms with van der Waals surface area (Å²) in [5.41, 5.74) is 0.520. The van der Waals surface area contributed by atoms with E-state index in [0.717, 1.165) is 16.7 Å². The molecule has 1 aliphatic rings. The van der Waals surface area contributed by atoms with Crippen molar-refractivity contribution in [3.63, 3.8) is 0 Å². The zero-order chi connectivity index (χ0) is 17.9. The predicted octanol–water partition coefficient (Wildman–Crippen LogP) is 3.20. The van der Waals surface area contributed by atoms with Crippen molar-refractivity contribution < 1.29 is 19.6 Å². The van der Waals surface area contributed by atoms with Crippen LogP contribution in [0.2, 0.25) is 0 Å². The number of aliphatic carboxylic acids is 1. The lowest BCUT2D eigenvalue weighted by Crippen LogP contribution is -2.33. The van der Waals surface area contributed by atoms with Gasteiger partial charge in [-0.2, -0.15) is 0 Å². The third-order valence-corrected chi connectivity index (χ3v) is 4.94. The van der Waals surface area contributed by atoms with E-state index in [-0.39, 0.29) is 10.0 Å². The molecule has 1 N–H and O–H groups in total. The quantitative estimate of drug-likeness (QED) is 0.332. The van der Waals surface area contributed by atoms with Crippen LogP contribution in [0.25, 0.3) is 6.08 Å². The molecule has 7 nitrogen and oxygen atoms in total. The van der Waals surface area contributed by atoms with Crippen LogP contribution in [0.15, 0.2) is 39.7 Å². The molecule has 2 rings (SSSR count). The maximum atomic E-state index is 12.0. The van der Waals surface area contributed by atoms with Gasteiger partial charge in [0.05, 0.1) is 14.3 Å². The van der Waals surface area contributed by atoms with Gasteiger partial charge in [0.1, 0.15) is 10.9 Å². The second-order valence-corrected chi connectivity index (χ2v) is 7.04. The minimum absolute atomic E-state index is 0.0649. The van der Waals surface area contributed by atoms with Gasteiger partial charge in [0, 0.05) is 6.07 Å². The Labute approximate surface area is 154 Å². The van der Waals surface area contributed by atoms with E-state index < -0.39 is 23.3 Å². The number of nitro groups is 1. The summed E-state index contributed by atoms with van der Waals surface area (Å²) in [5, 5.41) is 19.6. The largest absolute Gasteiger partial charge is 0.480 e. The van der Waals surface area contributed by atoms with Gasteiger partial charge in [-0.15, -0.1) is 0 Å². The Morgan fingerprint density at radius 2 is 2.21 bits per heavy atom. The summed E-state index contributed by atoms with van der Waals surface area (Å²) in [5.74, 6) is -1.62. The number of carbonyl (C=O) groups excluding carboxylic acids is 1. The fraction of sp³-hybridized carbons (Fsp3) is 0.0714. The van der Waals surface area contributed by atoms with Gasteiger partial charge in [-0.1, -0.05) is 42.2 Å². The van der Waals surface area contributed by atoms with E-state index in [4.69, 9.17) is 17.3 Å². The molecule has 0 saturated carbocycles. The topological polar surface area (TPSA) is 101 Å². The van der Waals surface area contributed by atoms with Crippen molar-refractivity contribution >= 4 is 67.9 Å². The van der Waals surface area contributed by atoms with Gasteiger partial charge in [-0.05, 0) is 33.6 Å². The van der Waals surface area contributed by atoms with Crippen molar-refractivity contribution in [2.45, 2.75) is 0 Å². The number of carboxylic acids is 1. The maximum Gasteiger partial charge on any atom is 0.323 e. The van der Waals surface area contributed by atoms with E-state index in [9.17, 15) is 19.7 Å². The van der Waals surface area contributed by atoms with Gasteiger partial charge in [-0.3, -0.25) is 24.6 Å². The summed E-state index contributed by atoms with van der Waals surface area (Å²) in [4.78, 5) is 34.4. The van der Waals surface area contributed by atoms with Gasteiger partial charge in [0.15, 0.2) is 0 Å². The van der Waals surface area contributed by atoms with Crippen LogP contribution in [0.1, 0.15) is 5.56 Å². The van der Waals surface area contributed by atoms with Crippen molar-refractivity contribution in [3.8, 4) is 0 Å². The molecule has 0 bridgehead atoms. The van der Waals surface area contributed by atoms with Crippen molar-refractivity contribution in [3.05, 3.63) is 55.4 Å². The highest BCUT2D eigenvalue weighted by Gasteiger charge is 2.32. The number of halogens is 1. The Morgan fingerprint density at radius 3 is 2.83 bits per heavy atom. The average molecular weight is 429 g/mol. The molecule has 0 aliphatic carbocycles. The summed E-state index contributed by atoms with van der Waals surface area (Å²) in [6.45, 7) is -0.482. The van der Waals surface area contributed by atoms with Gasteiger partial charge >= 0.3 is 5.97 Å². The first-order valence-electron chi connectivity index (χ1n) is 6.37. The maximum absolute atomic E-state index is 12.0. The molecule has 1 amide bonds. The molecule has 1 aromatic carbocycles. The molecule has 24 heavy (non-hydrogen) atoms. The van der Waals surface area contributed by atoms with E-state index in [1.165, 1.54) is 12.1 Å². The fourth-order valence-electron chi connectivity index (χ4n) is 1.81. The molecule has 0 radical (unpaired) electrons. The number of hydrogen-bond acceptors (Lipinski definition) is 6. The summed E-state index contributed by atoms with van der Waals surface area (Å²) < 4.78 is 0.556. The van der Waals surface area contributed by atoms with Crippen LogP contribution in [0.4, 0.5) is 5.69 Å². The molecule has 0 unspecified atom stereocenters. The smallest absolute Gasteiger partial charge is 0.323 e. The van der Waals surface area contributed by atoms with Crippen molar-refractivity contribution in [2.75, 3.05) is 6.54 Å². The number of thiocarbonyl (C=S) groups is 1. The lowest BCUT2D eigenvalue weighted by molar-refractivity contribution is -0.385. The Hall–Kier alpha value is -2.04. The average Bonchev–Trinajstić information content (AvgIpc) is 2.76. The minimum Gasteiger partial charge on any atom is -0.480 e. The van der Waals surface area contributed by atoms with Crippen molar-refractivity contribution in [2.24, 2.45) is 0 Å². The Morgan fingerprint density at radius 1 is 1.50 bits per heavy atom. The van der Waals surface area contributed by atoms with Gasteiger partial charge in [0.25, 0.3) is 11.6 Å². The second kappa shape index (κ2) is 7.69. The van der Waals surface area contributed by atoms with Crippen molar-refractivity contribution in [1.29, 1.82) is 0 Å². The molecular weight excluding hydrogens is 420 g/mol. The Kier molecular flexibility index (Phi) is 5.86. The molecule has 1 aliphatic heterocycles. The third-order valence-electron chi connectivity index (χ3n) is 2.87. The Balaban J connectivity index is 2.16. The normalized spacial score (nSPS) is 16.4. The molecule has 0 aromatic heterocycles. The monoisotopic (exact) mass is 428 g/mol. The summed E-state index contributed by atoms with van der Waals surface area (Å²) in [7, 11) is 0. The zero-order valence-electron chi connectivity index (χ0n) is 11.8. The van der Waals surface area contributed by atoms with E-state index >= 15 is 0 Å².